The summed E-state index contributed by atoms with van der Waals surface area (Å²) < 4.78 is 51.4. The fourth-order valence-corrected chi connectivity index (χ4v) is 6.82. The molecule has 2 saturated heterocycles. The van der Waals surface area contributed by atoms with Crippen molar-refractivity contribution in [3.8, 4) is 0 Å². The fraction of sp³-hybridized carbons (Fsp3) is 0.500. The Bertz CT molecular complexity index is 1680. The van der Waals surface area contributed by atoms with Crippen LogP contribution in [0.3, 0.4) is 0 Å². The second-order valence-electron chi connectivity index (χ2n) is 9.83. The number of hydrogen-bond donors (Lipinski definition) is 6. The van der Waals surface area contributed by atoms with Gasteiger partial charge < -0.3 is 60.2 Å². The van der Waals surface area contributed by atoms with E-state index < -0.39 is 77.9 Å². The van der Waals surface area contributed by atoms with E-state index in [1.807, 2.05) is 0 Å². The molecule has 0 radical (unpaired) electrons. The number of hydrogen-bond acceptors (Lipinski definition) is 21. The molecule has 0 spiro atoms. The first-order valence-corrected chi connectivity index (χ1v) is 15.7. The highest BCUT2D eigenvalue weighted by atomic mass is 31.3. The molecule has 2 fully saturated rings. The third kappa shape index (κ3) is 6.02. The molecule has 0 amide bonds. The van der Waals surface area contributed by atoms with Crippen LogP contribution in [-0.2, 0) is 32.0 Å². The number of fused-ring (bicyclic) bond motifs is 2. The Morgan fingerprint density at radius 2 is 1.11 bits per heavy atom. The predicted octanol–water partition coefficient (Wildman–Crippen LogP) is -3.94. The van der Waals surface area contributed by atoms with Crippen LogP contribution in [0, 0.1) is 0 Å². The molecule has 8 N–H and O–H groups in total. The Kier molecular flexibility index (Phi) is 8.33. The molecule has 0 bridgehead atoms. The van der Waals surface area contributed by atoms with Crippen LogP contribution in [0.1, 0.15) is 12.5 Å². The number of ether oxygens (including phenoxy) is 2. The molecule has 244 valence electrons. The van der Waals surface area contributed by atoms with E-state index in [0.717, 1.165) is 12.7 Å². The molecule has 23 nitrogen and oxygen atoms in total. The fourth-order valence-electron chi connectivity index (χ4n) is 4.80. The summed E-state index contributed by atoms with van der Waals surface area (Å²) in [7, 11) is -11.4. The van der Waals surface area contributed by atoms with Crippen molar-refractivity contribution < 1.29 is 62.2 Å². The highest BCUT2D eigenvalue weighted by Gasteiger charge is 2.46. The molecule has 10 atom stereocenters. The van der Waals surface area contributed by atoms with Gasteiger partial charge in [-0.3, -0.25) is 18.3 Å². The Morgan fingerprint density at radius 1 is 0.711 bits per heavy atom. The normalized spacial score (nSPS) is 31.4. The van der Waals surface area contributed by atoms with Crippen molar-refractivity contribution in [1.82, 2.24) is 39.0 Å². The number of anilines is 2. The number of aliphatic hydroxyl groups is 4. The molecule has 4 aromatic rings. The van der Waals surface area contributed by atoms with E-state index in [1.165, 1.54) is 21.8 Å². The summed E-state index contributed by atoms with van der Waals surface area (Å²) in [6, 6.07) is 0. The van der Waals surface area contributed by atoms with Crippen LogP contribution < -0.4 is 21.3 Å². The zero-order valence-corrected chi connectivity index (χ0v) is 24.2. The number of phosphoric acid groups is 2. The molecule has 45 heavy (non-hydrogen) atoms. The third-order valence-corrected chi connectivity index (χ3v) is 9.52. The molecule has 0 aliphatic carbocycles. The number of rotatable bonds is 10. The van der Waals surface area contributed by atoms with Crippen LogP contribution >= 0.6 is 15.6 Å². The average Bonchev–Trinajstić information content (AvgIpc) is 3.73. The lowest BCUT2D eigenvalue weighted by molar-refractivity contribution is -0.246. The molecule has 2 aliphatic rings. The molecular formula is C20H24N10O13P2-2. The molecule has 6 rings (SSSR count). The maximum absolute atomic E-state index is 12.3. The number of nitrogens with zero attached hydrogens (tertiary/aromatic N) is 8. The van der Waals surface area contributed by atoms with Gasteiger partial charge in [-0.25, -0.2) is 34.2 Å². The van der Waals surface area contributed by atoms with Crippen molar-refractivity contribution in [3.05, 3.63) is 25.3 Å². The maximum Gasteiger partial charge on any atom is 0.274 e. The van der Waals surface area contributed by atoms with Crippen molar-refractivity contribution >= 4 is 49.6 Å². The Morgan fingerprint density at radius 3 is 1.51 bits per heavy atom. The summed E-state index contributed by atoms with van der Waals surface area (Å²) in [5.41, 5.74) is 12.1. The Hall–Kier alpha value is -3.28. The van der Waals surface area contributed by atoms with Gasteiger partial charge >= 0.3 is 0 Å². The zero-order valence-electron chi connectivity index (χ0n) is 22.4. The number of imidazole rings is 2. The Labute approximate surface area is 250 Å². The average molecular weight is 674 g/mol. The summed E-state index contributed by atoms with van der Waals surface area (Å²) in [6.45, 7) is -1.96. The van der Waals surface area contributed by atoms with Crippen LogP contribution in [0.5, 0.6) is 0 Å². The van der Waals surface area contributed by atoms with E-state index in [2.05, 4.69) is 43.3 Å². The van der Waals surface area contributed by atoms with Gasteiger partial charge in [0, 0.05) is 0 Å². The molecule has 0 saturated carbocycles. The number of aromatic nitrogens is 8. The lowest BCUT2D eigenvalue weighted by Gasteiger charge is -2.32. The van der Waals surface area contributed by atoms with Crippen LogP contribution in [0.15, 0.2) is 25.3 Å². The minimum atomic E-state index is -5.68. The molecule has 2 aliphatic heterocycles. The lowest BCUT2D eigenvalue weighted by Crippen LogP contribution is -2.34. The minimum absolute atomic E-state index is 0.0397. The van der Waals surface area contributed by atoms with Crippen LogP contribution in [0.4, 0.5) is 11.6 Å². The van der Waals surface area contributed by atoms with Gasteiger partial charge in [-0.1, -0.05) is 0 Å². The van der Waals surface area contributed by atoms with Crippen LogP contribution in [-0.4, -0.2) is 109 Å². The molecule has 0 aromatic carbocycles. The van der Waals surface area contributed by atoms with Gasteiger partial charge in [-0.15, -0.1) is 0 Å². The van der Waals surface area contributed by atoms with Crippen molar-refractivity contribution in [2.24, 2.45) is 0 Å². The summed E-state index contributed by atoms with van der Waals surface area (Å²) in [4.78, 5) is 48.3. The quantitative estimate of drug-likeness (QED) is 0.0874. The summed E-state index contributed by atoms with van der Waals surface area (Å²) >= 11 is 0. The van der Waals surface area contributed by atoms with Gasteiger partial charge in [-0.2, -0.15) is 0 Å². The predicted molar refractivity (Wildman–Crippen MR) is 140 cm³/mol. The van der Waals surface area contributed by atoms with E-state index in [4.69, 9.17) is 20.9 Å². The van der Waals surface area contributed by atoms with Crippen LogP contribution in [0.2, 0.25) is 0 Å². The SMILES string of the molecule is Nc1ncnc2c1ncn2[C@@H]1O[C@H](COP(=O)([O-])OP(=O)([O-])OC[C@H]2O[C@@H](n3cnc4c(N)ncnc43)[C@H](O)[C@@H]2O)[C@@H](O)[C@H]1O. The topological polar surface area (TPSA) is 347 Å². The highest BCUT2D eigenvalue weighted by molar-refractivity contribution is 7.59. The van der Waals surface area contributed by atoms with Gasteiger partial charge in [0.05, 0.1) is 25.9 Å². The summed E-state index contributed by atoms with van der Waals surface area (Å²) in [5, 5.41) is 41.8. The van der Waals surface area contributed by atoms with Crippen molar-refractivity contribution in [2.45, 2.75) is 49.1 Å². The molecule has 4 aromatic heterocycles. The van der Waals surface area contributed by atoms with Gasteiger partial charge in [-0.05, 0) is 0 Å². The van der Waals surface area contributed by atoms with E-state index in [1.54, 1.807) is 0 Å². The van der Waals surface area contributed by atoms with E-state index in [0.29, 0.717) is 0 Å². The van der Waals surface area contributed by atoms with Crippen LogP contribution in [0.25, 0.3) is 22.3 Å². The number of nitrogens with two attached hydrogens (primary N) is 2. The standard InChI is InChI=1S/C20H26N10O13P2/c21-15-9-17(25-3-23-15)29(5-27-9)19-13(33)11(31)7(41-19)1-39-44(35,36)43-45(37,38)40-2-8-12(32)14(34)20(42-8)30-6-28-10-16(22)24-4-26-18(10)30/h3-8,11-14,19-20,31-34H,1-2H2,(H,35,36)(H,37,38)(H2,21,23,25)(H2,22,24,26)/p-2/t7-,8-,11-,12-,13-,14-,19-,20-/m1/s1. The van der Waals surface area contributed by atoms with Gasteiger partial charge in [0.15, 0.2) is 35.4 Å². The highest BCUT2D eigenvalue weighted by Crippen LogP contribution is 2.56. The first kappa shape index (κ1) is 31.7. The van der Waals surface area contributed by atoms with Gasteiger partial charge in [0.2, 0.25) is 0 Å². The zero-order chi connectivity index (χ0) is 32.3. The molecule has 2 unspecified atom stereocenters. The van der Waals surface area contributed by atoms with Gasteiger partial charge in [0.25, 0.3) is 15.6 Å². The first-order chi connectivity index (χ1) is 21.3. The third-order valence-electron chi connectivity index (χ3n) is 6.99. The van der Waals surface area contributed by atoms with Gasteiger partial charge in [0.1, 0.15) is 60.3 Å². The second-order valence-corrected chi connectivity index (χ2v) is 12.8. The lowest BCUT2D eigenvalue weighted by atomic mass is 10.1. The van der Waals surface area contributed by atoms with E-state index >= 15 is 0 Å². The Balaban J connectivity index is 1.04. The van der Waals surface area contributed by atoms with Crippen molar-refractivity contribution in [1.29, 1.82) is 0 Å². The maximum atomic E-state index is 12.3. The molecule has 25 heteroatoms. The second kappa shape index (κ2) is 11.8. The molecule has 6 heterocycles. The van der Waals surface area contributed by atoms with E-state index in [-0.39, 0.29) is 34.0 Å². The van der Waals surface area contributed by atoms with E-state index in [9.17, 15) is 39.3 Å². The smallest absolute Gasteiger partial charge is 0.274 e. The summed E-state index contributed by atoms with van der Waals surface area (Å²) in [6.07, 6.45) is -7.53. The molecular weight excluding hydrogens is 650 g/mol. The van der Waals surface area contributed by atoms with Crippen molar-refractivity contribution in [3.63, 3.8) is 0 Å². The monoisotopic (exact) mass is 674 g/mol. The number of nitrogen functional groups attached to an aromatic ring is 2. The summed E-state index contributed by atoms with van der Waals surface area (Å²) in [5.74, 6) is 0.0794. The first-order valence-electron chi connectivity index (χ1n) is 12.8. The largest absolute Gasteiger partial charge is 0.756 e. The van der Waals surface area contributed by atoms with Crippen molar-refractivity contribution in [2.75, 3.05) is 24.7 Å². The number of aliphatic hydroxyl groups excluding tert-OH is 4. The minimum Gasteiger partial charge on any atom is -0.756 e. The number of phosphoric ester groups is 2.